The summed E-state index contributed by atoms with van der Waals surface area (Å²) in [4.78, 5) is 34.4. The largest absolute Gasteiger partial charge is 0.496 e. The Morgan fingerprint density at radius 2 is 2.04 bits per heavy atom. The third kappa shape index (κ3) is 3.40. The van der Waals surface area contributed by atoms with Crippen LogP contribution < -0.4 is 15.4 Å². The van der Waals surface area contributed by atoms with Gasteiger partial charge in [-0.15, -0.1) is 0 Å². The maximum Gasteiger partial charge on any atom is 0.289 e. The number of amides is 2. The lowest BCUT2D eigenvalue weighted by Crippen LogP contribution is -2.46. The van der Waals surface area contributed by atoms with Gasteiger partial charge >= 0.3 is 0 Å². The molecule has 8 heteroatoms. The van der Waals surface area contributed by atoms with Gasteiger partial charge in [0.2, 0.25) is 0 Å². The predicted octanol–water partition coefficient (Wildman–Crippen LogP) is 0.533. The molecule has 2 aliphatic heterocycles. The number of aromatic amines is 1. The fourth-order valence-corrected chi connectivity index (χ4v) is 3.71. The van der Waals surface area contributed by atoms with Crippen LogP contribution in [0.2, 0.25) is 0 Å². The zero-order chi connectivity index (χ0) is 18.8. The first-order chi connectivity index (χ1) is 13.2. The molecular weight excluding hydrogens is 346 g/mol. The van der Waals surface area contributed by atoms with Crippen LogP contribution in [-0.2, 0) is 6.42 Å². The van der Waals surface area contributed by atoms with Crippen LogP contribution in [0.25, 0.3) is 0 Å². The molecule has 1 fully saturated rings. The Kier molecular flexibility index (Phi) is 4.81. The number of carbonyl (C=O) groups is 2. The van der Waals surface area contributed by atoms with Gasteiger partial charge < -0.3 is 25.3 Å². The van der Waals surface area contributed by atoms with E-state index in [-0.39, 0.29) is 23.6 Å². The van der Waals surface area contributed by atoms with Gasteiger partial charge in [-0.05, 0) is 18.1 Å². The zero-order valence-electron chi connectivity index (χ0n) is 15.2. The normalized spacial score (nSPS) is 19.8. The van der Waals surface area contributed by atoms with Crippen LogP contribution in [0.5, 0.6) is 5.75 Å². The zero-order valence-corrected chi connectivity index (χ0v) is 15.2. The number of ether oxygens (including phenoxy) is 1. The lowest BCUT2D eigenvalue weighted by molar-refractivity contribution is 0.0724. The average Bonchev–Trinajstić information content (AvgIpc) is 3.08. The minimum absolute atomic E-state index is 0.0361. The van der Waals surface area contributed by atoms with Crippen molar-refractivity contribution in [3.05, 3.63) is 47.0 Å². The number of piperazine rings is 1. The predicted molar refractivity (Wildman–Crippen MR) is 99.1 cm³/mol. The molecule has 4 rings (SSSR count). The Bertz CT molecular complexity index is 857. The standard InChI is InChI=1S/C19H23N5O3/c1-27-15-5-3-2-4-13(15)12-10-14-16(18(25)21-11-12)23-17(22-14)19(26)24-8-6-20-7-9-24/h2-5,12,20H,6-11H2,1H3,(H,21,25)(H,22,23)/t12-/m1/s1. The van der Waals surface area contributed by atoms with Crippen molar-refractivity contribution in [2.24, 2.45) is 0 Å². The van der Waals surface area contributed by atoms with Crippen molar-refractivity contribution in [3.8, 4) is 5.75 Å². The van der Waals surface area contributed by atoms with Crippen LogP contribution in [0, 0.1) is 0 Å². The first-order valence-electron chi connectivity index (χ1n) is 9.17. The molecule has 2 amide bonds. The Labute approximate surface area is 157 Å². The van der Waals surface area contributed by atoms with E-state index >= 15 is 0 Å². The number of rotatable bonds is 3. The summed E-state index contributed by atoms with van der Waals surface area (Å²) in [5.41, 5.74) is 2.03. The first kappa shape index (κ1) is 17.5. The van der Waals surface area contributed by atoms with Crippen molar-refractivity contribution >= 4 is 11.8 Å². The van der Waals surface area contributed by atoms with Crippen molar-refractivity contribution in [2.45, 2.75) is 12.3 Å². The van der Waals surface area contributed by atoms with Gasteiger partial charge in [0.15, 0.2) is 5.82 Å². The van der Waals surface area contributed by atoms with E-state index in [0.29, 0.717) is 37.4 Å². The lowest BCUT2D eigenvalue weighted by Gasteiger charge is -2.26. The van der Waals surface area contributed by atoms with Crippen LogP contribution in [0.3, 0.4) is 0 Å². The van der Waals surface area contributed by atoms with Crippen LogP contribution in [0.4, 0.5) is 0 Å². The number of hydrogen-bond donors (Lipinski definition) is 3. The van der Waals surface area contributed by atoms with Gasteiger partial charge in [-0.25, -0.2) is 4.98 Å². The second-order valence-electron chi connectivity index (χ2n) is 6.81. The number of nitrogens with one attached hydrogen (secondary N) is 3. The van der Waals surface area contributed by atoms with Crippen molar-refractivity contribution in [1.29, 1.82) is 0 Å². The summed E-state index contributed by atoms with van der Waals surface area (Å²) in [7, 11) is 1.64. The number of imidazole rings is 1. The highest BCUT2D eigenvalue weighted by atomic mass is 16.5. The highest BCUT2D eigenvalue weighted by Gasteiger charge is 2.30. The van der Waals surface area contributed by atoms with E-state index in [9.17, 15) is 9.59 Å². The number of hydrogen-bond acceptors (Lipinski definition) is 5. The summed E-state index contributed by atoms with van der Waals surface area (Å²) in [5, 5.41) is 6.14. The summed E-state index contributed by atoms with van der Waals surface area (Å²) in [5.74, 6) is 0.646. The second kappa shape index (κ2) is 7.40. The number of fused-ring (bicyclic) bond motifs is 1. The maximum atomic E-state index is 12.7. The highest BCUT2D eigenvalue weighted by molar-refractivity contribution is 5.97. The Morgan fingerprint density at radius 3 is 2.81 bits per heavy atom. The Morgan fingerprint density at radius 1 is 1.26 bits per heavy atom. The smallest absolute Gasteiger partial charge is 0.289 e. The van der Waals surface area contributed by atoms with Crippen molar-refractivity contribution in [3.63, 3.8) is 0 Å². The number of carbonyl (C=O) groups excluding carboxylic acids is 2. The van der Waals surface area contributed by atoms with Crippen LogP contribution >= 0.6 is 0 Å². The molecule has 142 valence electrons. The maximum absolute atomic E-state index is 12.7. The minimum Gasteiger partial charge on any atom is -0.496 e. The van der Waals surface area contributed by atoms with E-state index in [4.69, 9.17) is 4.74 Å². The molecule has 3 N–H and O–H groups in total. The Hall–Kier alpha value is -2.87. The van der Waals surface area contributed by atoms with Gasteiger partial charge in [-0.3, -0.25) is 9.59 Å². The number of H-pyrrole nitrogens is 1. The molecule has 0 spiro atoms. The lowest BCUT2D eigenvalue weighted by atomic mass is 9.93. The van der Waals surface area contributed by atoms with Gasteiger partial charge in [0.05, 0.1) is 7.11 Å². The SMILES string of the molecule is COc1ccccc1[C@H]1CNC(=O)c2nc(C(=O)N3CCNCC3)[nH]c2C1. The molecule has 0 aliphatic carbocycles. The van der Waals surface area contributed by atoms with E-state index < -0.39 is 0 Å². The third-order valence-electron chi connectivity index (χ3n) is 5.14. The van der Waals surface area contributed by atoms with E-state index in [1.165, 1.54) is 0 Å². The summed E-state index contributed by atoms with van der Waals surface area (Å²) in [6.07, 6.45) is 0.580. The molecular formula is C19H23N5O3. The monoisotopic (exact) mass is 369 g/mol. The van der Waals surface area contributed by atoms with Crippen molar-refractivity contribution in [2.75, 3.05) is 39.8 Å². The van der Waals surface area contributed by atoms with E-state index in [1.54, 1.807) is 12.0 Å². The van der Waals surface area contributed by atoms with Gasteiger partial charge in [0.1, 0.15) is 11.4 Å². The molecule has 8 nitrogen and oxygen atoms in total. The summed E-state index contributed by atoms with van der Waals surface area (Å²) < 4.78 is 5.47. The van der Waals surface area contributed by atoms with E-state index in [2.05, 4.69) is 20.6 Å². The minimum atomic E-state index is -0.252. The molecule has 0 radical (unpaired) electrons. The van der Waals surface area contributed by atoms with Gasteiger partial charge in [0, 0.05) is 44.3 Å². The van der Waals surface area contributed by atoms with Crippen molar-refractivity contribution in [1.82, 2.24) is 25.5 Å². The highest BCUT2D eigenvalue weighted by Crippen LogP contribution is 2.30. The fraction of sp³-hybridized carbons (Fsp3) is 0.421. The second-order valence-corrected chi connectivity index (χ2v) is 6.81. The number of aromatic nitrogens is 2. The quantitative estimate of drug-likeness (QED) is 0.733. The number of benzene rings is 1. The first-order valence-corrected chi connectivity index (χ1v) is 9.17. The average molecular weight is 369 g/mol. The van der Waals surface area contributed by atoms with Gasteiger partial charge in [0.25, 0.3) is 11.8 Å². The molecule has 1 aromatic heterocycles. The molecule has 1 saturated heterocycles. The van der Waals surface area contributed by atoms with E-state index in [0.717, 1.165) is 24.4 Å². The number of methoxy groups -OCH3 is 1. The number of nitrogens with zero attached hydrogens (tertiary/aromatic N) is 2. The van der Waals surface area contributed by atoms with Crippen LogP contribution in [-0.4, -0.2) is 66.5 Å². The van der Waals surface area contributed by atoms with Gasteiger partial charge in [-0.1, -0.05) is 18.2 Å². The molecule has 2 aromatic rings. The fourth-order valence-electron chi connectivity index (χ4n) is 3.71. The van der Waals surface area contributed by atoms with E-state index in [1.807, 2.05) is 24.3 Å². The molecule has 0 bridgehead atoms. The molecule has 3 heterocycles. The topological polar surface area (TPSA) is 99.3 Å². The Balaban J connectivity index is 1.62. The third-order valence-corrected chi connectivity index (χ3v) is 5.14. The molecule has 1 aromatic carbocycles. The molecule has 0 saturated carbocycles. The molecule has 0 unspecified atom stereocenters. The summed E-state index contributed by atoms with van der Waals surface area (Å²) in [6, 6.07) is 7.79. The molecule has 27 heavy (non-hydrogen) atoms. The number of para-hydroxylation sites is 1. The molecule has 1 atom stereocenters. The van der Waals surface area contributed by atoms with Crippen molar-refractivity contribution < 1.29 is 14.3 Å². The van der Waals surface area contributed by atoms with Crippen LogP contribution in [0.15, 0.2) is 24.3 Å². The summed E-state index contributed by atoms with van der Waals surface area (Å²) >= 11 is 0. The van der Waals surface area contributed by atoms with Gasteiger partial charge in [-0.2, -0.15) is 0 Å². The molecule has 2 aliphatic rings. The van der Waals surface area contributed by atoms with Crippen LogP contribution in [0.1, 0.15) is 38.3 Å². The summed E-state index contributed by atoms with van der Waals surface area (Å²) in [6.45, 7) is 3.30.